The monoisotopic (exact) mass is 327 g/mol. The Labute approximate surface area is 128 Å². The smallest absolute Gasteiger partial charge is 0.250 e. The summed E-state index contributed by atoms with van der Waals surface area (Å²) in [5.74, 6) is 0.458. The van der Waals surface area contributed by atoms with Crippen LogP contribution in [0.5, 0.6) is 5.88 Å². The molecule has 0 bridgehead atoms. The maximum atomic E-state index is 12.2. The van der Waals surface area contributed by atoms with E-state index in [4.69, 9.17) is 4.74 Å². The lowest BCUT2D eigenvalue weighted by atomic mass is 10.3. The van der Waals surface area contributed by atoms with Gasteiger partial charge >= 0.3 is 0 Å². The molecule has 21 heavy (non-hydrogen) atoms. The van der Waals surface area contributed by atoms with Crippen LogP contribution in [-0.4, -0.2) is 27.6 Å². The Kier molecular flexibility index (Phi) is 5.29. The lowest BCUT2D eigenvalue weighted by Gasteiger charge is -2.06. The van der Waals surface area contributed by atoms with Crippen molar-refractivity contribution >= 4 is 21.4 Å². The summed E-state index contributed by atoms with van der Waals surface area (Å²) in [6, 6.07) is 6.87. The largest absolute Gasteiger partial charge is 0.481 e. The maximum Gasteiger partial charge on any atom is 0.250 e. The molecule has 0 saturated carbocycles. The highest BCUT2D eigenvalue weighted by atomic mass is 32.2. The molecule has 2 aromatic rings. The Morgan fingerprint density at radius 2 is 2.10 bits per heavy atom. The molecule has 0 fully saturated rings. The standard InChI is InChI=1S/C13H17N3O3S2/c1-14-9-11-3-4-13(20-11)21(17,18)16-8-10-5-6-15-12(7-10)19-2/h3-7,14,16H,8-9H2,1-2H3. The van der Waals surface area contributed by atoms with Crippen molar-refractivity contribution in [1.29, 1.82) is 0 Å². The van der Waals surface area contributed by atoms with Gasteiger partial charge in [-0.2, -0.15) is 0 Å². The first-order valence-corrected chi connectivity index (χ1v) is 8.57. The molecule has 0 aliphatic heterocycles. The summed E-state index contributed by atoms with van der Waals surface area (Å²) in [6.45, 7) is 0.849. The van der Waals surface area contributed by atoms with Gasteiger partial charge in [-0.15, -0.1) is 11.3 Å². The minimum atomic E-state index is -3.50. The fourth-order valence-electron chi connectivity index (χ4n) is 1.69. The number of nitrogens with one attached hydrogen (secondary N) is 2. The van der Waals surface area contributed by atoms with Crippen LogP contribution in [0.4, 0.5) is 0 Å². The number of sulfonamides is 1. The van der Waals surface area contributed by atoms with Crippen molar-refractivity contribution in [1.82, 2.24) is 15.0 Å². The number of nitrogens with zero attached hydrogens (tertiary/aromatic N) is 1. The molecular weight excluding hydrogens is 310 g/mol. The molecular formula is C13H17N3O3S2. The van der Waals surface area contributed by atoms with E-state index in [0.717, 1.165) is 10.4 Å². The summed E-state index contributed by atoms with van der Waals surface area (Å²) in [5, 5.41) is 2.99. The predicted octanol–water partition coefficient (Wildman–Crippen LogP) is 1.35. The van der Waals surface area contributed by atoms with E-state index in [0.29, 0.717) is 16.6 Å². The number of thiophene rings is 1. The van der Waals surface area contributed by atoms with E-state index < -0.39 is 10.0 Å². The van der Waals surface area contributed by atoms with Gasteiger partial charge in [0.05, 0.1) is 7.11 Å². The van der Waals surface area contributed by atoms with E-state index in [1.54, 1.807) is 24.4 Å². The van der Waals surface area contributed by atoms with Crippen molar-refractivity contribution in [3.63, 3.8) is 0 Å². The van der Waals surface area contributed by atoms with Crippen molar-refractivity contribution < 1.29 is 13.2 Å². The molecule has 0 radical (unpaired) electrons. The van der Waals surface area contributed by atoms with Gasteiger partial charge in [0.15, 0.2) is 0 Å². The first-order valence-electron chi connectivity index (χ1n) is 6.27. The Morgan fingerprint density at radius 1 is 1.29 bits per heavy atom. The molecule has 2 heterocycles. The Bertz CT molecular complexity index is 698. The van der Waals surface area contributed by atoms with E-state index in [1.165, 1.54) is 18.4 Å². The quantitative estimate of drug-likeness (QED) is 0.802. The van der Waals surface area contributed by atoms with E-state index >= 15 is 0 Å². The zero-order valence-corrected chi connectivity index (χ0v) is 13.4. The first kappa shape index (κ1) is 15.9. The average molecular weight is 327 g/mol. The normalized spacial score (nSPS) is 11.5. The summed E-state index contributed by atoms with van der Waals surface area (Å²) in [7, 11) is -0.155. The third-order valence-electron chi connectivity index (χ3n) is 2.73. The number of rotatable bonds is 7. The van der Waals surface area contributed by atoms with E-state index in [-0.39, 0.29) is 6.54 Å². The SMILES string of the molecule is CNCc1ccc(S(=O)(=O)NCc2ccnc(OC)c2)s1. The van der Waals surface area contributed by atoms with Crippen LogP contribution in [0.2, 0.25) is 0 Å². The van der Waals surface area contributed by atoms with Gasteiger partial charge in [0.25, 0.3) is 0 Å². The molecule has 0 saturated heterocycles. The average Bonchev–Trinajstić information content (AvgIpc) is 2.95. The molecule has 2 N–H and O–H groups in total. The second-order valence-electron chi connectivity index (χ2n) is 4.28. The van der Waals surface area contributed by atoms with Crippen LogP contribution in [0.25, 0.3) is 0 Å². The molecule has 0 atom stereocenters. The second kappa shape index (κ2) is 6.99. The zero-order valence-electron chi connectivity index (χ0n) is 11.8. The molecule has 0 aliphatic carbocycles. The van der Waals surface area contributed by atoms with Crippen LogP contribution < -0.4 is 14.8 Å². The van der Waals surface area contributed by atoms with Gasteiger partial charge in [0, 0.05) is 30.2 Å². The predicted molar refractivity (Wildman–Crippen MR) is 81.9 cm³/mol. The van der Waals surface area contributed by atoms with Crippen molar-refractivity contribution in [3.05, 3.63) is 40.9 Å². The van der Waals surface area contributed by atoms with Gasteiger partial charge in [-0.3, -0.25) is 0 Å². The molecule has 6 nitrogen and oxygen atoms in total. The zero-order chi connectivity index (χ0) is 15.3. The van der Waals surface area contributed by atoms with Gasteiger partial charge < -0.3 is 10.1 Å². The molecule has 0 aliphatic rings. The van der Waals surface area contributed by atoms with Gasteiger partial charge in [0.2, 0.25) is 15.9 Å². The maximum absolute atomic E-state index is 12.2. The fraction of sp³-hybridized carbons (Fsp3) is 0.308. The van der Waals surface area contributed by atoms with E-state index in [9.17, 15) is 8.42 Å². The third-order valence-corrected chi connectivity index (χ3v) is 5.71. The molecule has 0 amide bonds. The molecule has 2 aromatic heterocycles. The molecule has 0 spiro atoms. The van der Waals surface area contributed by atoms with Crippen LogP contribution in [-0.2, 0) is 23.1 Å². The Morgan fingerprint density at radius 3 is 2.81 bits per heavy atom. The summed E-state index contributed by atoms with van der Waals surface area (Å²) in [5.41, 5.74) is 0.789. The summed E-state index contributed by atoms with van der Waals surface area (Å²) in [4.78, 5) is 4.96. The highest BCUT2D eigenvalue weighted by Crippen LogP contribution is 2.21. The minimum Gasteiger partial charge on any atom is -0.481 e. The van der Waals surface area contributed by atoms with Crippen molar-refractivity contribution in [2.45, 2.75) is 17.3 Å². The van der Waals surface area contributed by atoms with E-state index in [1.807, 2.05) is 13.1 Å². The Balaban J connectivity index is 2.06. The van der Waals surface area contributed by atoms with Crippen LogP contribution in [0.3, 0.4) is 0 Å². The molecule has 8 heteroatoms. The number of pyridine rings is 1. The molecule has 2 rings (SSSR count). The number of hydrogen-bond donors (Lipinski definition) is 2. The van der Waals surface area contributed by atoms with Gasteiger partial charge in [-0.05, 0) is 30.8 Å². The third kappa shape index (κ3) is 4.24. The summed E-state index contributed by atoms with van der Waals surface area (Å²) >= 11 is 1.26. The molecule has 0 aromatic carbocycles. The number of methoxy groups -OCH3 is 1. The Hall–Kier alpha value is -1.48. The number of hydrogen-bond acceptors (Lipinski definition) is 6. The highest BCUT2D eigenvalue weighted by molar-refractivity contribution is 7.91. The first-order chi connectivity index (χ1) is 10.0. The van der Waals surface area contributed by atoms with Gasteiger partial charge in [-0.1, -0.05) is 0 Å². The van der Waals surface area contributed by atoms with Crippen molar-refractivity contribution in [2.24, 2.45) is 0 Å². The van der Waals surface area contributed by atoms with Crippen LogP contribution >= 0.6 is 11.3 Å². The second-order valence-corrected chi connectivity index (χ2v) is 7.44. The van der Waals surface area contributed by atoms with Crippen LogP contribution in [0.1, 0.15) is 10.4 Å². The number of ether oxygens (including phenoxy) is 1. The lowest BCUT2D eigenvalue weighted by Crippen LogP contribution is -2.22. The number of aromatic nitrogens is 1. The fourth-order valence-corrected chi connectivity index (χ4v) is 4.12. The van der Waals surface area contributed by atoms with Crippen molar-refractivity contribution in [3.8, 4) is 5.88 Å². The van der Waals surface area contributed by atoms with E-state index in [2.05, 4.69) is 15.0 Å². The molecule has 0 unspecified atom stereocenters. The van der Waals surface area contributed by atoms with Crippen LogP contribution in [0.15, 0.2) is 34.7 Å². The highest BCUT2D eigenvalue weighted by Gasteiger charge is 2.16. The topological polar surface area (TPSA) is 80.3 Å². The lowest BCUT2D eigenvalue weighted by molar-refractivity contribution is 0.397. The molecule has 114 valence electrons. The van der Waals surface area contributed by atoms with Gasteiger partial charge in [0.1, 0.15) is 4.21 Å². The van der Waals surface area contributed by atoms with Crippen molar-refractivity contribution in [2.75, 3.05) is 14.2 Å². The summed E-state index contributed by atoms with van der Waals surface area (Å²) < 4.78 is 32.3. The van der Waals surface area contributed by atoms with Gasteiger partial charge in [-0.25, -0.2) is 18.1 Å². The van der Waals surface area contributed by atoms with Crippen LogP contribution in [0, 0.1) is 0 Å². The summed E-state index contributed by atoms with van der Waals surface area (Å²) in [6.07, 6.45) is 1.58. The minimum absolute atomic E-state index is 0.195.